The molecule has 1 aliphatic rings. The molecule has 1 heterocycles. The second-order valence-corrected chi connectivity index (χ2v) is 4.59. The maximum Gasteiger partial charge on any atom is 0.204 e. The van der Waals surface area contributed by atoms with Crippen molar-refractivity contribution in [3.63, 3.8) is 0 Å². The zero-order valence-corrected chi connectivity index (χ0v) is 9.86. The number of hydrogen-bond donors (Lipinski definition) is 1. The number of nitrogens with zero attached hydrogens (tertiary/aromatic N) is 2. The van der Waals surface area contributed by atoms with Crippen molar-refractivity contribution in [1.29, 1.82) is 0 Å². The summed E-state index contributed by atoms with van der Waals surface area (Å²) < 4.78 is 6.84. The van der Waals surface area contributed by atoms with Crippen LogP contribution in [0.15, 0.2) is 6.20 Å². The predicted molar refractivity (Wildman–Crippen MR) is 59.6 cm³/mol. The lowest BCUT2D eigenvalue weighted by Gasteiger charge is -2.14. The average molecular weight is 223 g/mol. The van der Waals surface area contributed by atoms with Crippen molar-refractivity contribution in [2.24, 2.45) is 5.73 Å². The third kappa shape index (κ3) is 1.61. The van der Waals surface area contributed by atoms with Crippen LogP contribution in [0.25, 0.3) is 0 Å². The molecule has 1 aromatic heterocycles. The Kier molecular flexibility index (Phi) is 2.50. The first-order valence-electron chi connectivity index (χ1n) is 5.45. The van der Waals surface area contributed by atoms with Gasteiger partial charge in [-0.2, -0.15) is 5.10 Å². The lowest BCUT2D eigenvalue weighted by atomic mass is 10.1. The molecule has 0 unspecified atom stereocenters. The fourth-order valence-electron chi connectivity index (χ4n) is 1.70. The van der Waals surface area contributed by atoms with Gasteiger partial charge >= 0.3 is 0 Å². The first-order valence-corrected chi connectivity index (χ1v) is 5.45. The van der Waals surface area contributed by atoms with Crippen molar-refractivity contribution in [1.82, 2.24) is 9.78 Å². The van der Waals surface area contributed by atoms with E-state index in [1.807, 2.05) is 13.8 Å². The van der Waals surface area contributed by atoms with Gasteiger partial charge < -0.3 is 10.5 Å². The van der Waals surface area contributed by atoms with Crippen LogP contribution in [0.2, 0.25) is 0 Å². The number of nitrogens with two attached hydrogens (primary N) is 1. The first-order chi connectivity index (χ1) is 7.49. The third-order valence-corrected chi connectivity index (χ3v) is 2.93. The number of methoxy groups -OCH3 is 1. The molecule has 16 heavy (non-hydrogen) atoms. The minimum absolute atomic E-state index is 0.0597. The van der Waals surface area contributed by atoms with Gasteiger partial charge in [-0.1, -0.05) is 0 Å². The summed E-state index contributed by atoms with van der Waals surface area (Å²) in [6.45, 7) is 3.94. The van der Waals surface area contributed by atoms with Crippen LogP contribution in [0.3, 0.4) is 0 Å². The molecule has 2 rings (SSSR count). The minimum atomic E-state index is -0.681. The topological polar surface area (TPSA) is 70.1 Å². The highest BCUT2D eigenvalue weighted by Gasteiger charge is 2.48. The Morgan fingerprint density at radius 1 is 1.62 bits per heavy atom. The highest BCUT2D eigenvalue weighted by molar-refractivity contribution is 6.05. The molecule has 5 nitrogen and oxygen atoms in total. The van der Waals surface area contributed by atoms with Crippen molar-refractivity contribution >= 4 is 5.78 Å². The van der Waals surface area contributed by atoms with Crippen molar-refractivity contribution in [3.05, 3.63) is 11.9 Å². The molecule has 1 fully saturated rings. The molecular weight excluding hydrogens is 206 g/mol. The molecule has 0 aliphatic heterocycles. The van der Waals surface area contributed by atoms with Crippen LogP contribution in [-0.4, -0.2) is 28.2 Å². The molecule has 88 valence electrons. The third-order valence-electron chi connectivity index (χ3n) is 2.93. The van der Waals surface area contributed by atoms with E-state index in [0.717, 1.165) is 12.8 Å². The van der Waals surface area contributed by atoms with E-state index in [9.17, 15) is 4.79 Å². The predicted octanol–water partition coefficient (Wildman–Crippen LogP) is 1.15. The van der Waals surface area contributed by atoms with Gasteiger partial charge in [-0.15, -0.1) is 0 Å². The van der Waals surface area contributed by atoms with E-state index in [1.54, 1.807) is 10.9 Å². The highest BCUT2D eigenvalue weighted by atomic mass is 16.5. The number of Topliss-reactive ketones (excluding diaryl/α,β-unsaturated/α-hetero) is 1. The minimum Gasteiger partial charge on any atom is -0.493 e. The van der Waals surface area contributed by atoms with E-state index < -0.39 is 5.54 Å². The molecule has 1 saturated carbocycles. The zero-order valence-electron chi connectivity index (χ0n) is 9.86. The van der Waals surface area contributed by atoms with Crippen LogP contribution in [0.5, 0.6) is 5.75 Å². The van der Waals surface area contributed by atoms with Gasteiger partial charge in [-0.05, 0) is 26.7 Å². The first kappa shape index (κ1) is 11.1. The molecule has 5 heteroatoms. The second kappa shape index (κ2) is 3.59. The van der Waals surface area contributed by atoms with E-state index in [1.165, 1.54) is 7.11 Å². The SMILES string of the molecule is COc1cnn(C(C)C)c1C(=O)C1(N)CC1. The molecule has 1 aromatic rings. The fourth-order valence-corrected chi connectivity index (χ4v) is 1.70. The number of aromatic nitrogens is 2. The number of ether oxygens (including phenoxy) is 1. The molecule has 0 saturated heterocycles. The zero-order chi connectivity index (χ0) is 11.9. The molecule has 0 atom stereocenters. The van der Waals surface area contributed by atoms with Gasteiger partial charge in [0.05, 0.1) is 18.8 Å². The number of ketones is 1. The van der Waals surface area contributed by atoms with E-state index in [0.29, 0.717) is 11.4 Å². The van der Waals surface area contributed by atoms with Crippen LogP contribution in [-0.2, 0) is 0 Å². The second-order valence-electron chi connectivity index (χ2n) is 4.59. The van der Waals surface area contributed by atoms with Gasteiger partial charge in [0, 0.05) is 6.04 Å². The van der Waals surface area contributed by atoms with Crippen LogP contribution < -0.4 is 10.5 Å². The van der Waals surface area contributed by atoms with Gasteiger partial charge in [-0.25, -0.2) is 0 Å². The maximum atomic E-state index is 12.2. The molecule has 0 bridgehead atoms. The van der Waals surface area contributed by atoms with Gasteiger partial charge in [-0.3, -0.25) is 9.48 Å². The molecule has 0 amide bonds. The van der Waals surface area contributed by atoms with E-state index in [-0.39, 0.29) is 11.8 Å². The quantitative estimate of drug-likeness (QED) is 0.777. The molecule has 1 aliphatic carbocycles. The average Bonchev–Trinajstić information content (AvgIpc) is 2.84. The Labute approximate surface area is 94.6 Å². The Hall–Kier alpha value is -1.36. The number of rotatable bonds is 4. The number of hydrogen-bond acceptors (Lipinski definition) is 4. The van der Waals surface area contributed by atoms with Crippen molar-refractivity contribution < 1.29 is 9.53 Å². The van der Waals surface area contributed by atoms with Crippen LogP contribution >= 0.6 is 0 Å². The Morgan fingerprint density at radius 2 is 2.25 bits per heavy atom. The van der Waals surface area contributed by atoms with Crippen molar-refractivity contribution in [2.75, 3.05) is 7.11 Å². The normalized spacial score (nSPS) is 17.6. The smallest absolute Gasteiger partial charge is 0.204 e. The monoisotopic (exact) mass is 223 g/mol. The fraction of sp³-hybridized carbons (Fsp3) is 0.636. The van der Waals surface area contributed by atoms with Gasteiger partial charge in [0.25, 0.3) is 0 Å². The summed E-state index contributed by atoms with van der Waals surface area (Å²) in [5.74, 6) is 0.450. The summed E-state index contributed by atoms with van der Waals surface area (Å²) in [6.07, 6.45) is 3.06. The van der Waals surface area contributed by atoms with Gasteiger partial charge in [0.15, 0.2) is 5.75 Å². The standard InChI is InChI=1S/C11H17N3O2/c1-7(2)14-9(8(16-3)6-13-14)10(15)11(12)4-5-11/h6-7H,4-5,12H2,1-3H3. The highest BCUT2D eigenvalue weighted by Crippen LogP contribution is 2.38. The molecular formula is C11H17N3O2. The molecule has 0 aromatic carbocycles. The Bertz CT molecular complexity index is 419. The summed E-state index contributed by atoms with van der Waals surface area (Å²) in [5, 5.41) is 4.16. The number of carbonyl (C=O) groups excluding carboxylic acids is 1. The van der Waals surface area contributed by atoms with Crippen molar-refractivity contribution in [3.8, 4) is 5.75 Å². The lowest BCUT2D eigenvalue weighted by Crippen LogP contribution is -2.35. The van der Waals surface area contributed by atoms with Crippen molar-refractivity contribution in [2.45, 2.75) is 38.3 Å². The summed E-state index contributed by atoms with van der Waals surface area (Å²) >= 11 is 0. The summed E-state index contributed by atoms with van der Waals surface area (Å²) in [4.78, 5) is 12.2. The summed E-state index contributed by atoms with van der Waals surface area (Å²) in [5.41, 5.74) is 5.74. The van der Waals surface area contributed by atoms with Crippen LogP contribution in [0.4, 0.5) is 0 Å². The van der Waals surface area contributed by atoms with Crippen LogP contribution in [0.1, 0.15) is 43.2 Å². The Balaban J connectivity index is 2.44. The molecule has 0 radical (unpaired) electrons. The lowest BCUT2D eigenvalue weighted by molar-refractivity contribution is 0.0933. The van der Waals surface area contributed by atoms with E-state index >= 15 is 0 Å². The van der Waals surface area contributed by atoms with Crippen LogP contribution in [0, 0.1) is 0 Å². The largest absolute Gasteiger partial charge is 0.493 e. The summed E-state index contributed by atoms with van der Waals surface area (Å²) in [7, 11) is 1.54. The number of carbonyl (C=O) groups is 1. The summed E-state index contributed by atoms with van der Waals surface area (Å²) in [6, 6.07) is 0.116. The maximum absolute atomic E-state index is 12.2. The molecule has 0 spiro atoms. The van der Waals surface area contributed by atoms with E-state index in [2.05, 4.69) is 5.10 Å². The van der Waals surface area contributed by atoms with Gasteiger partial charge in [0.2, 0.25) is 5.78 Å². The van der Waals surface area contributed by atoms with Gasteiger partial charge in [0.1, 0.15) is 5.69 Å². The Morgan fingerprint density at radius 3 is 2.69 bits per heavy atom. The van der Waals surface area contributed by atoms with E-state index in [4.69, 9.17) is 10.5 Å². The molecule has 2 N–H and O–H groups in total.